The van der Waals surface area contributed by atoms with Gasteiger partial charge in [-0.25, -0.2) is 0 Å². The Morgan fingerprint density at radius 3 is 1.71 bits per heavy atom. The van der Waals surface area contributed by atoms with Crippen molar-refractivity contribution >= 4 is 12.4 Å². The molecule has 4 heteroatoms. The van der Waals surface area contributed by atoms with Crippen LogP contribution in [0.4, 0.5) is 0 Å². The second kappa shape index (κ2) is 7.91. The average molecular weight is 346 g/mol. The van der Waals surface area contributed by atoms with Crippen LogP contribution in [0.15, 0.2) is 48.5 Å². The average Bonchev–Trinajstić information content (AvgIpc) is 2.61. The van der Waals surface area contributed by atoms with E-state index < -0.39 is 0 Å². The standard InChI is InChI=1S/C20H23NO2.ClH/c1-3-7-19-17(5-1)9-15(13-22-19)11-21-12-16-10-18-6-2-4-8-20(18)23-14-16;/h1-8,15-16,21H,9-14H2;1H. The summed E-state index contributed by atoms with van der Waals surface area (Å²) in [5, 5.41) is 3.63. The molecule has 1 N–H and O–H groups in total. The molecule has 2 aromatic rings. The Morgan fingerprint density at radius 2 is 1.21 bits per heavy atom. The summed E-state index contributed by atoms with van der Waals surface area (Å²) in [6.07, 6.45) is 2.21. The van der Waals surface area contributed by atoms with E-state index in [0.717, 1.165) is 50.6 Å². The van der Waals surface area contributed by atoms with Crippen molar-refractivity contribution in [2.75, 3.05) is 26.3 Å². The smallest absolute Gasteiger partial charge is 0.122 e. The van der Waals surface area contributed by atoms with E-state index in [2.05, 4.69) is 41.7 Å². The van der Waals surface area contributed by atoms with Crippen LogP contribution in [0.25, 0.3) is 0 Å². The number of hydrogen-bond acceptors (Lipinski definition) is 3. The first-order chi connectivity index (χ1) is 11.4. The molecular weight excluding hydrogens is 322 g/mol. The maximum Gasteiger partial charge on any atom is 0.122 e. The molecule has 2 unspecified atom stereocenters. The lowest BCUT2D eigenvalue weighted by molar-refractivity contribution is 0.199. The maximum absolute atomic E-state index is 5.86. The van der Waals surface area contributed by atoms with E-state index in [1.807, 2.05) is 12.1 Å². The summed E-state index contributed by atoms with van der Waals surface area (Å²) in [6, 6.07) is 16.7. The fourth-order valence-corrected chi connectivity index (χ4v) is 3.54. The van der Waals surface area contributed by atoms with Gasteiger partial charge in [-0.3, -0.25) is 0 Å². The predicted octanol–water partition coefficient (Wildman–Crippen LogP) is 3.50. The van der Waals surface area contributed by atoms with Gasteiger partial charge in [-0.05, 0) is 36.1 Å². The number of benzene rings is 2. The molecule has 0 saturated carbocycles. The van der Waals surface area contributed by atoms with Crippen molar-refractivity contribution in [2.24, 2.45) is 11.8 Å². The molecule has 2 heterocycles. The van der Waals surface area contributed by atoms with Crippen molar-refractivity contribution in [1.82, 2.24) is 5.32 Å². The highest BCUT2D eigenvalue weighted by Crippen LogP contribution is 2.28. The van der Waals surface area contributed by atoms with Crippen molar-refractivity contribution in [3.8, 4) is 11.5 Å². The van der Waals surface area contributed by atoms with Crippen molar-refractivity contribution in [3.05, 3.63) is 59.7 Å². The third-order valence-electron chi connectivity index (χ3n) is 4.78. The molecule has 2 atom stereocenters. The number of halogens is 1. The van der Waals surface area contributed by atoms with Crippen molar-refractivity contribution in [1.29, 1.82) is 0 Å². The van der Waals surface area contributed by atoms with E-state index in [9.17, 15) is 0 Å². The molecule has 0 fully saturated rings. The minimum atomic E-state index is 0. The Bertz CT molecular complexity index is 619. The molecular formula is C20H24ClNO2. The SMILES string of the molecule is Cl.c1ccc2c(c1)CC(CNCC1COc3ccccc3C1)CO2. The van der Waals surface area contributed by atoms with E-state index in [4.69, 9.17) is 9.47 Å². The molecule has 3 nitrogen and oxygen atoms in total. The molecule has 128 valence electrons. The Balaban J connectivity index is 0.00000169. The normalized spacial score (nSPS) is 21.5. The maximum atomic E-state index is 5.86. The van der Waals surface area contributed by atoms with Gasteiger partial charge in [0.15, 0.2) is 0 Å². The zero-order valence-electron chi connectivity index (χ0n) is 13.7. The second-order valence-corrected chi connectivity index (χ2v) is 6.64. The number of rotatable bonds is 4. The minimum absolute atomic E-state index is 0. The Kier molecular flexibility index (Phi) is 5.64. The first-order valence-electron chi connectivity index (χ1n) is 8.50. The van der Waals surface area contributed by atoms with E-state index in [1.165, 1.54) is 11.1 Å². The first-order valence-corrected chi connectivity index (χ1v) is 8.50. The number of ether oxygens (including phenoxy) is 2. The summed E-state index contributed by atoms with van der Waals surface area (Å²) in [5.41, 5.74) is 2.67. The Hall–Kier alpha value is -1.71. The molecule has 4 rings (SSSR count). The van der Waals surface area contributed by atoms with E-state index in [-0.39, 0.29) is 12.4 Å². The Morgan fingerprint density at radius 1 is 0.750 bits per heavy atom. The van der Waals surface area contributed by atoms with Gasteiger partial charge in [-0.15, -0.1) is 12.4 Å². The summed E-state index contributed by atoms with van der Waals surface area (Å²) >= 11 is 0. The molecule has 2 aliphatic rings. The van der Waals surface area contributed by atoms with Gasteiger partial charge in [0.1, 0.15) is 11.5 Å². The van der Waals surface area contributed by atoms with Crippen LogP contribution in [0.1, 0.15) is 11.1 Å². The summed E-state index contributed by atoms with van der Waals surface area (Å²) < 4.78 is 11.7. The number of fused-ring (bicyclic) bond motifs is 2. The molecule has 0 aliphatic carbocycles. The number of para-hydroxylation sites is 2. The molecule has 0 saturated heterocycles. The van der Waals surface area contributed by atoms with Gasteiger partial charge in [-0.1, -0.05) is 36.4 Å². The van der Waals surface area contributed by atoms with Gasteiger partial charge >= 0.3 is 0 Å². The van der Waals surface area contributed by atoms with Crippen LogP contribution in [0, 0.1) is 11.8 Å². The summed E-state index contributed by atoms with van der Waals surface area (Å²) in [4.78, 5) is 0. The molecule has 2 aliphatic heterocycles. The highest BCUT2D eigenvalue weighted by Gasteiger charge is 2.22. The number of nitrogens with one attached hydrogen (secondary N) is 1. The van der Waals surface area contributed by atoms with Crippen LogP contribution < -0.4 is 14.8 Å². The Labute approximate surface area is 149 Å². The third kappa shape index (κ3) is 3.85. The fraction of sp³-hybridized carbons (Fsp3) is 0.400. The second-order valence-electron chi connectivity index (χ2n) is 6.64. The van der Waals surface area contributed by atoms with Gasteiger partial charge in [0, 0.05) is 24.9 Å². The van der Waals surface area contributed by atoms with Crippen molar-refractivity contribution in [3.63, 3.8) is 0 Å². The van der Waals surface area contributed by atoms with Crippen LogP contribution in [-0.4, -0.2) is 26.3 Å². The van der Waals surface area contributed by atoms with Crippen LogP contribution in [-0.2, 0) is 12.8 Å². The summed E-state index contributed by atoms with van der Waals surface area (Å²) in [6.45, 7) is 3.64. The van der Waals surface area contributed by atoms with Crippen LogP contribution >= 0.6 is 12.4 Å². The lowest BCUT2D eigenvalue weighted by atomic mass is 9.95. The van der Waals surface area contributed by atoms with Crippen molar-refractivity contribution < 1.29 is 9.47 Å². The largest absolute Gasteiger partial charge is 0.493 e. The van der Waals surface area contributed by atoms with Gasteiger partial charge in [0.05, 0.1) is 13.2 Å². The highest BCUT2D eigenvalue weighted by molar-refractivity contribution is 5.85. The van der Waals surface area contributed by atoms with Gasteiger partial charge < -0.3 is 14.8 Å². The first kappa shape index (κ1) is 17.1. The summed E-state index contributed by atoms with van der Waals surface area (Å²) in [5.74, 6) is 3.23. The predicted molar refractivity (Wildman–Crippen MR) is 98.4 cm³/mol. The molecule has 0 radical (unpaired) electrons. The molecule has 0 aromatic heterocycles. The molecule has 0 spiro atoms. The van der Waals surface area contributed by atoms with E-state index in [0.29, 0.717) is 11.8 Å². The zero-order valence-corrected chi connectivity index (χ0v) is 14.6. The molecule has 0 amide bonds. The van der Waals surface area contributed by atoms with Gasteiger partial charge in [0.25, 0.3) is 0 Å². The number of hydrogen-bond donors (Lipinski definition) is 1. The van der Waals surface area contributed by atoms with Crippen LogP contribution in [0.3, 0.4) is 0 Å². The molecule has 24 heavy (non-hydrogen) atoms. The monoisotopic (exact) mass is 345 g/mol. The van der Waals surface area contributed by atoms with Gasteiger partial charge in [-0.2, -0.15) is 0 Å². The van der Waals surface area contributed by atoms with Crippen molar-refractivity contribution in [2.45, 2.75) is 12.8 Å². The quantitative estimate of drug-likeness (QED) is 0.920. The third-order valence-corrected chi connectivity index (χ3v) is 4.78. The van der Waals surface area contributed by atoms with Gasteiger partial charge in [0.2, 0.25) is 0 Å². The van der Waals surface area contributed by atoms with Crippen LogP contribution in [0.5, 0.6) is 11.5 Å². The summed E-state index contributed by atoms with van der Waals surface area (Å²) in [7, 11) is 0. The topological polar surface area (TPSA) is 30.5 Å². The lowest BCUT2D eigenvalue weighted by Crippen LogP contribution is -2.36. The molecule has 2 aromatic carbocycles. The van der Waals surface area contributed by atoms with E-state index in [1.54, 1.807) is 0 Å². The fourth-order valence-electron chi connectivity index (χ4n) is 3.54. The minimum Gasteiger partial charge on any atom is -0.493 e. The zero-order chi connectivity index (χ0) is 15.5. The molecule has 0 bridgehead atoms. The lowest BCUT2D eigenvalue weighted by Gasteiger charge is -2.28. The van der Waals surface area contributed by atoms with E-state index >= 15 is 0 Å². The van der Waals surface area contributed by atoms with Crippen LogP contribution in [0.2, 0.25) is 0 Å². The highest BCUT2D eigenvalue weighted by atomic mass is 35.5.